The SMILES string of the molecule is CCCCCCCCCCCCCCCCCCCCCCCCCCCCCCCCC(=O)OC(COC(=O)CCCCCCCCCCCCCCCCCCCCCCCC)COP(=O)([O-])OCC[N+](C)(C)C. The molecule has 0 spiro atoms. The Morgan fingerprint density at radius 2 is 0.592 bits per heavy atom. The van der Waals surface area contributed by atoms with Gasteiger partial charge < -0.3 is 27.9 Å². The lowest BCUT2D eigenvalue weighted by Gasteiger charge is -2.28. The number of rotatable bonds is 64. The maximum Gasteiger partial charge on any atom is 0.306 e. The van der Waals surface area contributed by atoms with Crippen molar-refractivity contribution in [3.63, 3.8) is 0 Å². The summed E-state index contributed by atoms with van der Waals surface area (Å²) in [4.78, 5) is 38.0. The van der Waals surface area contributed by atoms with Crippen molar-refractivity contribution in [2.24, 2.45) is 0 Å². The first-order chi connectivity index (χ1) is 37.0. The first-order valence-corrected chi connectivity index (χ1v) is 35.2. The fourth-order valence-corrected chi connectivity index (χ4v) is 11.2. The Morgan fingerprint density at radius 1 is 0.355 bits per heavy atom. The maximum absolute atomic E-state index is 12.8. The number of carbonyl (C=O) groups is 2. The number of phosphoric ester groups is 1. The summed E-state index contributed by atoms with van der Waals surface area (Å²) in [7, 11) is 1.19. The van der Waals surface area contributed by atoms with Gasteiger partial charge in [-0.05, 0) is 12.8 Å². The number of unbranched alkanes of at least 4 members (excludes halogenated alkanes) is 50. The van der Waals surface area contributed by atoms with Crippen LogP contribution in [0.4, 0.5) is 0 Å². The molecule has 0 heterocycles. The first kappa shape index (κ1) is 75.0. The molecule has 0 saturated heterocycles. The molecule has 0 saturated carbocycles. The number of carbonyl (C=O) groups excluding carboxylic acids is 2. The van der Waals surface area contributed by atoms with Crippen LogP contribution in [0.1, 0.15) is 361 Å². The highest BCUT2D eigenvalue weighted by Gasteiger charge is 2.22. The van der Waals surface area contributed by atoms with E-state index in [9.17, 15) is 19.0 Å². The smallest absolute Gasteiger partial charge is 0.306 e. The Morgan fingerprint density at radius 3 is 0.842 bits per heavy atom. The molecule has 0 amide bonds. The summed E-state index contributed by atoms with van der Waals surface area (Å²) < 4.78 is 34.3. The van der Waals surface area contributed by atoms with Crippen molar-refractivity contribution in [3.8, 4) is 0 Å². The van der Waals surface area contributed by atoms with Crippen LogP contribution in [-0.4, -0.2) is 70.0 Å². The molecule has 2 unspecified atom stereocenters. The molecule has 0 aliphatic rings. The zero-order valence-corrected chi connectivity index (χ0v) is 52.6. The number of esters is 2. The topological polar surface area (TPSA) is 111 Å². The summed E-state index contributed by atoms with van der Waals surface area (Å²) in [5.41, 5.74) is 0. The Kier molecular flexibility index (Phi) is 57.9. The van der Waals surface area contributed by atoms with Gasteiger partial charge in [0.15, 0.2) is 6.10 Å². The van der Waals surface area contributed by atoms with Gasteiger partial charge in [0, 0.05) is 12.8 Å². The minimum atomic E-state index is -4.63. The van der Waals surface area contributed by atoms with Gasteiger partial charge in [0.2, 0.25) is 0 Å². The number of hydrogen-bond acceptors (Lipinski definition) is 8. The molecule has 9 nitrogen and oxygen atoms in total. The van der Waals surface area contributed by atoms with Crippen molar-refractivity contribution in [2.75, 3.05) is 47.5 Å². The van der Waals surface area contributed by atoms with Crippen LogP contribution in [0, 0.1) is 0 Å². The molecule has 0 aromatic rings. The average Bonchev–Trinajstić information content (AvgIpc) is 3.38. The first-order valence-electron chi connectivity index (χ1n) is 33.7. The minimum absolute atomic E-state index is 0.0249. The van der Waals surface area contributed by atoms with Gasteiger partial charge in [-0.15, -0.1) is 0 Å². The van der Waals surface area contributed by atoms with Gasteiger partial charge in [-0.2, -0.15) is 0 Å². The van der Waals surface area contributed by atoms with Crippen LogP contribution in [0.2, 0.25) is 0 Å². The summed E-state index contributed by atoms with van der Waals surface area (Å²) >= 11 is 0. The second-order valence-electron chi connectivity index (χ2n) is 24.6. The number of quaternary nitrogens is 1. The molecular weight excluding hydrogens is 966 g/mol. The highest BCUT2D eigenvalue weighted by atomic mass is 31.2. The van der Waals surface area contributed by atoms with Crippen LogP contribution in [0.5, 0.6) is 0 Å². The monoisotopic (exact) mass is 1100 g/mol. The van der Waals surface area contributed by atoms with E-state index in [4.69, 9.17) is 18.5 Å². The molecule has 0 aromatic heterocycles. The van der Waals surface area contributed by atoms with Crippen molar-refractivity contribution < 1.29 is 42.1 Å². The molecule has 0 radical (unpaired) electrons. The third-order valence-electron chi connectivity index (χ3n) is 15.6. The molecular formula is C66H132NO8P. The molecule has 0 fully saturated rings. The van der Waals surface area contributed by atoms with Gasteiger partial charge in [0.25, 0.3) is 7.82 Å². The van der Waals surface area contributed by atoms with Gasteiger partial charge in [-0.3, -0.25) is 14.2 Å². The maximum atomic E-state index is 12.8. The van der Waals surface area contributed by atoms with E-state index in [1.807, 2.05) is 21.1 Å². The second-order valence-corrected chi connectivity index (χ2v) is 26.0. The van der Waals surface area contributed by atoms with E-state index in [-0.39, 0.29) is 32.0 Å². The molecule has 0 aliphatic carbocycles. The van der Waals surface area contributed by atoms with Crippen LogP contribution < -0.4 is 4.89 Å². The molecule has 10 heteroatoms. The number of nitrogens with zero attached hydrogens (tertiary/aromatic N) is 1. The molecule has 2 atom stereocenters. The van der Waals surface area contributed by atoms with Crippen LogP contribution in [-0.2, 0) is 32.7 Å². The lowest BCUT2D eigenvalue weighted by atomic mass is 10.0. The van der Waals surface area contributed by atoms with Gasteiger partial charge in [-0.25, -0.2) is 0 Å². The summed E-state index contributed by atoms with van der Waals surface area (Å²) in [6, 6.07) is 0. The zero-order chi connectivity index (χ0) is 55.6. The van der Waals surface area contributed by atoms with E-state index in [0.717, 1.165) is 32.1 Å². The summed E-state index contributed by atoms with van der Waals surface area (Å²) in [5, 5.41) is 0. The van der Waals surface area contributed by atoms with Crippen molar-refractivity contribution in [3.05, 3.63) is 0 Å². The van der Waals surface area contributed by atoms with Crippen LogP contribution in [0.25, 0.3) is 0 Å². The number of likely N-dealkylation sites (N-methyl/N-ethyl adjacent to an activating group) is 1. The Labute approximate surface area is 474 Å². The number of ether oxygens (including phenoxy) is 2. The third-order valence-corrected chi connectivity index (χ3v) is 16.6. The number of phosphoric acid groups is 1. The molecule has 0 aromatic carbocycles. The lowest BCUT2D eigenvalue weighted by molar-refractivity contribution is -0.870. The van der Waals surface area contributed by atoms with E-state index < -0.39 is 26.5 Å². The molecule has 76 heavy (non-hydrogen) atoms. The van der Waals surface area contributed by atoms with Crippen molar-refractivity contribution in [1.29, 1.82) is 0 Å². The van der Waals surface area contributed by atoms with Gasteiger partial charge >= 0.3 is 11.9 Å². The molecule has 454 valence electrons. The molecule has 0 rings (SSSR count). The molecule has 0 bridgehead atoms. The van der Waals surface area contributed by atoms with E-state index in [0.29, 0.717) is 17.4 Å². The second kappa shape index (κ2) is 58.7. The minimum Gasteiger partial charge on any atom is -0.756 e. The van der Waals surface area contributed by atoms with Crippen molar-refractivity contribution in [2.45, 2.75) is 367 Å². The highest BCUT2D eigenvalue weighted by molar-refractivity contribution is 7.45. The predicted molar refractivity (Wildman–Crippen MR) is 324 cm³/mol. The number of hydrogen-bond donors (Lipinski definition) is 0. The Bertz CT molecular complexity index is 1240. The van der Waals surface area contributed by atoms with Gasteiger partial charge in [0.1, 0.15) is 19.8 Å². The summed E-state index contributed by atoms with van der Waals surface area (Å²) in [6.07, 6.45) is 69.0. The summed E-state index contributed by atoms with van der Waals surface area (Å²) in [6.45, 7) is 4.33. The molecule has 0 N–H and O–H groups in total. The van der Waals surface area contributed by atoms with Gasteiger partial charge in [-0.1, -0.05) is 335 Å². The van der Waals surface area contributed by atoms with E-state index in [1.54, 1.807) is 0 Å². The predicted octanol–water partition coefficient (Wildman–Crippen LogP) is 20.8. The summed E-state index contributed by atoms with van der Waals surface area (Å²) in [5.74, 6) is -0.805. The standard InChI is InChI=1S/C66H132NO8P/c1-6-8-10-12-14-16-18-20-22-24-26-28-30-31-32-33-34-35-36-37-39-41-43-45-47-49-51-53-55-57-59-66(69)75-64(63-74-76(70,71)73-61-60-67(3,4)5)62-72-65(68)58-56-54-52-50-48-46-44-42-40-38-29-27-25-23-21-19-17-15-13-11-9-7-2/h64H,6-63H2,1-5H3. The third kappa shape index (κ3) is 62.2. The Balaban J connectivity index is 3.99. The van der Waals surface area contributed by atoms with Crippen molar-refractivity contribution >= 4 is 19.8 Å². The zero-order valence-electron chi connectivity index (χ0n) is 51.7. The fraction of sp³-hybridized carbons (Fsp3) is 0.970. The highest BCUT2D eigenvalue weighted by Crippen LogP contribution is 2.38. The Hall–Kier alpha value is -0.990. The lowest BCUT2D eigenvalue weighted by Crippen LogP contribution is -2.37. The molecule has 0 aliphatic heterocycles. The van der Waals surface area contributed by atoms with Crippen LogP contribution >= 0.6 is 7.82 Å². The van der Waals surface area contributed by atoms with Crippen molar-refractivity contribution in [1.82, 2.24) is 0 Å². The van der Waals surface area contributed by atoms with E-state index >= 15 is 0 Å². The van der Waals surface area contributed by atoms with Crippen LogP contribution in [0.3, 0.4) is 0 Å². The van der Waals surface area contributed by atoms with E-state index in [1.165, 1.54) is 295 Å². The van der Waals surface area contributed by atoms with Crippen LogP contribution in [0.15, 0.2) is 0 Å². The van der Waals surface area contributed by atoms with Gasteiger partial charge in [0.05, 0.1) is 27.7 Å². The van der Waals surface area contributed by atoms with E-state index in [2.05, 4.69) is 13.8 Å². The largest absolute Gasteiger partial charge is 0.756 e. The quantitative estimate of drug-likeness (QED) is 0.0256. The fourth-order valence-electron chi connectivity index (χ4n) is 10.4. The average molecular weight is 1100 g/mol. The normalized spacial score (nSPS) is 13.1.